The number of anilines is 1. The summed E-state index contributed by atoms with van der Waals surface area (Å²) >= 11 is 0. The lowest BCUT2D eigenvalue weighted by atomic mass is 10.1. The van der Waals surface area contributed by atoms with Crippen LogP contribution in [0.15, 0.2) is 36.9 Å². The van der Waals surface area contributed by atoms with Crippen molar-refractivity contribution in [3.8, 4) is 17.2 Å². The molecule has 3 aromatic rings. The van der Waals surface area contributed by atoms with Gasteiger partial charge in [0.15, 0.2) is 0 Å². The quantitative estimate of drug-likeness (QED) is 0.706. The molecule has 0 aliphatic carbocycles. The molecule has 2 N–H and O–H groups in total. The molecule has 20 heavy (non-hydrogen) atoms. The van der Waals surface area contributed by atoms with Gasteiger partial charge in [-0.2, -0.15) is 5.26 Å². The Hall–Kier alpha value is -2.94. The maximum atomic E-state index is 8.47. The first kappa shape index (κ1) is 12.1. The Morgan fingerprint density at radius 1 is 1.15 bits per heavy atom. The van der Waals surface area contributed by atoms with Crippen molar-refractivity contribution < 1.29 is 0 Å². The average Bonchev–Trinajstić information content (AvgIpc) is 2.96. The predicted octanol–water partition coefficient (Wildman–Crippen LogP) is 2.35. The van der Waals surface area contributed by atoms with Gasteiger partial charge in [0, 0.05) is 24.5 Å². The highest BCUT2D eigenvalue weighted by Crippen LogP contribution is 2.21. The number of nitrogens with one attached hydrogen (secondary N) is 2. The van der Waals surface area contributed by atoms with Gasteiger partial charge in [-0.3, -0.25) is 0 Å². The standard InChI is InChI=1S/C14H12N6/c15-4-1-5-16-14-17-7-11(8-18-14)10-2-3-12-13(6-10)20-9-19-12/h2-3,6-9H,1,5H2,(H,19,20)(H,16,17,18). The zero-order valence-electron chi connectivity index (χ0n) is 10.7. The molecule has 2 aromatic heterocycles. The Bertz CT molecular complexity index is 753. The summed E-state index contributed by atoms with van der Waals surface area (Å²) in [5.41, 5.74) is 3.89. The average molecular weight is 264 g/mol. The summed E-state index contributed by atoms with van der Waals surface area (Å²) in [6.07, 6.45) is 5.63. The zero-order valence-corrected chi connectivity index (χ0v) is 10.7. The molecule has 0 fully saturated rings. The molecular formula is C14H12N6. The number of H-pyrrole nitrogens is 1. The van der Waals surface area contributed by atoms with Gasteiger partial charge in [0.25, 0.3) is 0 Å². The van der Waals surface area contributed by atoms with E-state index in [0.717, 1.165) is 22.2 Å². The van der Waals surface area contributed by atoms with Crippen LogP contribution in [-0.4, -0.2) is 26.5 Å². The fourth-order valence-corrected chi connectivity index (χ4v) is 1.91. The number of aromatic amines is 1. The number of fused-ring (bicyclic) bond motifs is 1. The molecule has 0 radical (unpaired) electrons. The van der Waals surface area contributed by atoms with Crippen molar-refractivity contribution in [1.82, 2.24) is 19.9 Å². The van der Waals surface area contributed by atoms with Crippen molar-refractivity contribution in [2.75, 3.05) is 11.9 Å². The Morgan fingerprint density at radius 3 is 2.80 bits per heavy atom. The van der Waals surface area contributed by atoms with Crippen LogP contribution in [0.5, 0.6) is 0 Å². The molecule has 0 bridgehead atoms. The number of nitrogens with zero attached hydrogens (tertiary/aromatic N) is 4. The number of hydrogen-bond donors (Lipinski definition) is 2. The third kappa shape index (κ3) is 2.42. The summed E-state index contributed by atoms with van der Waals surface area (Å²) in [5.74, 6) is 0.534. The smallest absolute Gasteiger partial charge is 0.222 e. The van der Waals surface area contributed by atoms with Gasteiger partial charge in [-0.1, -0.05) is 6.07 Å². The van der Waals surface area contributed by atoms with Crippen molar-refractivity contribution in [1.29, 1.82) is 5.26 Å². The summed E-state index contributed by atoms with van der Waals surface area (Å²) in [6, 6.07) is 8.03. The lowest BCUT2D eigenvalue weighted by Crippen LogP contribution is -2.04. The van der Waals surface area contributed by atoms with E-state index in [1.54, 1.807) is 18.7 Å². The highest BCUT2D eigenvalue weighted by atomic mass is 15.1. The molecule has 0 spiro atoms. The molecule has 0 saturated heterocycles. The van der Waals surface area contributed by atoms with E-state index in [9.17, 15) is 0 Å². The van der Waals surface area contributed by atoms with Crippen LogP contribution in [0.25, 0.3) is 22.2 Å². The number of aromatic nitrogens is 4. The molecule has 3 rings (SSSR count). The van der Waals surface area contributed by atoms with Gasteiger partial charge in [0.05, 0.1) is 29.9 Å². The summed E-state index contributed by atoms with van der Waals surface area (Å²) in [5, 5.41) is 11.5. The van der Waals surface area contributed by atoms with Gasteiger partial charge in [-0.05, 0) is 17.7 Å². The van der Waals surface area contributed by atoms with E-state index in [4.69, 9.17) is 5.26 Å². The first-order valence-corrected chi connectivity index (χ1v) is 6.23. The summed E-state index contributed by atoms with van der Waals surface area (Å²) < 4.78 is 0. The lowest BCUT2D eigenvalue weighted by Gasteiger charge is -2.04. The van der Waals surface area contributed by atoms with E-state index < -0.39 is 0 Å². The molecule has 6 nitrogen and oxygen atoms in total. The summed E-state index contributed by atoms with van der Waals surface area (Å²) in [4.78, 5) is 15.7. The maximum absolute atomic E-state index is 8.47. The van der Waals surface area contributed by atoms with Gasteiger partial charge < -0.3 is 10.3 Å². The first-order chi connectivity index (χ1) is 9.86. The van der Waals surface area contributed by atoms with Crippen molar-refractivity contribution in [3.63, 3.8) is 0 Å². The van der Waals surface area contributed by atoms with Crippen LogP contribution in [0.1, 0.15) is 6.42 Å². The van der Waals surface area contributed by atoms with Crippen LogP contribution in [0.4, 0.5) is 5.95 Å². The van der Waals surface area contributed by atoms with Crippen molar-refractivity contribution >= 4 is 17.0 Å². The molecule has 0 saturated carbocycles. The zero-order chi connectivity index (χ0) is 13.8. The molecular weight excluding hydrogens is 252 g/mol. The highest BCUT2D eigenvalue weighted by Gasteiger charge is 2.03. The van der Waals surface area contributed by atoms with Crippen LogP contribution in [0.3, 0.4) is 0 Å². The van der Waals surface area contributed by atoms with Crippen molar-refractivity contribution in [3.05, 3.63) is 36.9 Å². The normalized spacial score (nSPS) is 10.3. The van der Waals surface area contributed by atoms with Crippen LogP contribution < -0.4 is 5.32 Å². The highest BCUT2D eigenvalue weighted by molar-refractivity contribution is 5.81. The molecule has 0 unspecified atom stereocenters. The summed E-state index contributed by atoms with van der Waals surface area (Å²) in [6.45, 7) is 0.552. The predicted molar refractivity (Wildman–Crippen MR) is 75.8 cm³/mol. The molecule has 1 aromatic carbocycles. The van der Waals surface area contributed by atoms with E-state index in [1.807, 2.05) is 18.2 Å². The molecule has 0 atom stereocenters. The third-order valence-electron chi connectivity index (χ3n) is 2.93. The Balaban J connectivity index is 1.81. The number of rotatable bonds is 4. The van der Waals surface area contributed by atoms with Gasteiger partial charge in [-0.25, -0.2) is 15.0 Å². The lowest BCUT2D eigenvalue weighted by molar-refractivity contribution is 1.02. The number of imidazole rings is 1. The first-order valence-electron chi connectivity index (χ1n) is 6.23. The van der Waals surface area contributed by atoms with Crippen LogP contribution in [0, 0.1) is 11.3 Å². The fraction of sp³-hybridized carbons (Fsp3) is 0.143. The minimum absolute atomic E-state index is 0.432. The van der Waals surface area contributed by atoms with Crippen molar-refractivity contribution in [2.45, 2.75) is 6.42 Å². The Labute approximate surface area is 115 Å². The third-order valence-corrected chi connectivity index (χ3v) is 2.93. The van der Waals surface area contributed by atoms with E-state index in [2.05, 4.69) is 31.3 Å². The maximum Gasteiger partial charge on any atom is 0.222 e. The van der Waals surface area contributed by atoms with E-state index in [-0.39, 0.29) is 0 Å². The Kier molecular flexibility index (Phi) is 3.25. The van der Waals surface area contributed by atoms with E-state index >= 15 is 0 Å². The fourth-order valence-electron chi connectivity index (χ4n) is 1.91. The largest absolute Gasteiger partial charge is 0.353 e. The molecule has 0 amide bonds. The van der Waals surface area contributed by atoms with Crippen LogP contribution >= 0.6 is 0 Å². The second-order valence-corrected chi connectivity index (χ2v) is 4.26. The molecule has 2 heterocycles. The van der Waals surface area contributed by atoms with Crippen LogP contribution in [0.2, 0.25) is 0 Å². The van der Waals surface area contributed by atoms with Crippen LogP contribution in [-0.2, 0) is 0 Å². The van der Waals surface area contributed by atoms with Gasteiger partial charge in [0.1, 0.15) is 0 Å². The molecule has 98 valence electrons. The second kappa shape index (κ2) is 5.36. The molecule has 0 aliphatic rings. The number of nitriles is 1. The second-order valence-electron chi connectivity index (χ2n) is 4.26. The number of hydrogen-bond acceptors (Lipinski definition) is 5. The van der Waals surface area contributed by atoms with Gasteiger partial charge >= 0.3 is 0 Å². The summed E-state index contributed by atoms with van der Waals surface area (Å²) in [7, 11) is 0. The minimum Gasteiger partial charge on any atom is -0.353 e. The molecule has 0 aliphatic heterocycles. The topological polar surface area (TPSA) is 90.3 Å². The van der Waals surface area contributed by atoms with Gasteiger partial charge in [-0.15, -0.1) is 0 Å². The van der Waals surface area contributed by atoms with Crippen molar-refractivity contribution in [2.24, 2.45) is 0 Å². The monoisotopic (exact) mass is 264 g/mol. The van der Waals surface area contributed by atoms with E-state index in [1.165, 1.54) is 0 Å². The Morgan fingerprint density at radius 2 is 2.00 bits per heavy atom. The minimum atomic E-state index is 0.432. The van der Waals surface area contributed by atoms with Gasteiger partial charge in [0.2, 0.25) is 5.95 Å². The SMILES string of the molecule is N#CCCNc1ncc(-c2ccc3nc[nH]c3c2)cn1. The number of benzene rings is 1. The van der Waals surface area contributed by atoms with E-state index in [0.29, 0.717) is 18.9 Å². The molecule has 6 heteroatoms.